The molecule has 11 heteroatoms. The molecule has 31 heavy (non-hydrogen) atoms. The summed E-state index contributed by atoms with van der Waals surface area (Å²) in [7, 11) is 0. The maximum Gasteiger partial charge on any atom is 0.165 e. The first-order valence-electron chi connectivity index (χ1n) is 9.07. The van der Waals surface area contributed by atoms with Crippen LogP contribution >= 0.6 is 51.3 Å². The number of halogens is 4. The van der Waals surface area contributed by atoms with Gasteiger partial charge in [0, 0.05) is 17.2 Å². The van der Waals surface area contributed by atoms with Gasteiger partial charge in [0.05, 0.1) is 28.2 Å². The van der Waals surface area contributed by atoms with Gasteiger partial charge in [-0.1, -0.05) is 22.9 Å². The molecule has 3 N–H and O–H groups in total. The molecule has 0 saturated heterocycles. The zero-order chi connectivity index (χ0) is 21.8. The van der Waals surface area contributed by atoms with Gasteiger partial charge in [-0.25, -0.2) is 4.39 Å². The van der Waals surface area contributed by atoms with Crippen LogP contribution in [0.4, 0.5) is 4.39 Å². The van der Waals surface area contributed by atoms with Crippen molar-refractivity contribution in [2.24, 2.45) is 5.73 Å². The zero-order valence-corrected chi connectivity index (χ0v) is 20.6. The van der Waals surface area contributed by atoms with Gasteiger partial charge in [-0.15, -0.1) is 22.6 Å². The first-order valence-corrected chi connectivity index (χ1v) is 11.1. The Hall–Kier alpha value is -1.49. The number of hydrogen-bond acceptors (Lipinski definition) is 7. The van der Waals surface area contributed by atoms with Gasteiger partial charge in [0.25, 0.3) is 0 Å². The van der Waals surface area contributed by atoms with Crippen LogP contribution in [0.5, 0.6) is 11.5 Å². The van der Waals surface area contributed by atoms with Crippen molar-refractivity contribution in [1.82, 2.24) is 10.2 Å². The minimum atomic E-state index is -0.606. The minimum Gasteiger partial charge on any atom is -0.490 e. The van der Waals surface area contributed by atoms with Crippen molar-refractivity contribution in [3.63, 3.8) is 0 Å². The fourth-order valence-corrected chi connectivity index (χ4v) is 4.13. The van der Waals surface area contributed by atoms with Crippen molar-refractivity contribution in [3.8, 4) is 32.6 Å². The third-order valence-corrected chi connectivity index (χ3v) is 5.84. The van der Waals surface area contributed by atoms with Crippen LogP contribution in [0.2, 0.25) is 5.02 Å². The number of rotatable bonds is 8. The van der Waals surface area contributed by atoms with Crippen LogP contribution in [0.15, 0.2) is 34.8 Å². The van der Waals surface area contributed by atoms with E-state index in [0.29, 0.717) is 15.6 Å². The Balaban J connectivity index is 0.00000341. The lowest BCUT2D eigenvalue weighted by atomic mass is 10.2. The van der Waals surface area contributed by atoms with Gasteiger partial charge >= 0.3 is 0 Å². The monoisotopic (exact) mass is 551 g/mol. The molecular weight excluding hydrogens is 532 g/mol. The fraction of sp³-hybridized carbons (Fsp3) is 0.300. The van der Waals surface area contributed by atoms with Crippen LogP contribution in [-0.2, 0) is 0 Å². The van der Waals surface area contributed by atoms with E-state index in [2.05, 4.69) is 26.1 Å². The molecule has 2 aromatic carbocycles. The van der Waals surface area contributed by atoms with Crippen molar-refractivity contribution in [1.29, 1.82) is 0 Å². The smallest absolute Gasteiger partial charge is 0.165 e. The van der Waals surface area contributed by atoms with Crippen LogP contribution < -0.4 is 15.2 Å². The van der Waals surface area contributed by atoms with Crippen molar-refractivity contribution < 1.29 is 19.0 Å². The maximum atomic E-state index is 14.5. The number of benzene rings is 2. The zero-order valence-electron chi connectivity index (χ0n) is 16.6. The van der Waals surface area contributed by atoms with Crippen LogP contribution in [0, 0.1) is 5.82 Å². The highest BCUT2D eigenvalue weighted by molar-refractivity contribution is 9.10. The fourth-order valence-electron chi connectivity index (χ4n) is 2.48. The van der Waals surface area contributed by atoms with Gasteiger partial charge in [-0.2, -0.15) is 0 Å². The summed E-state index contributed by atoms with van der Waals surface area (Å²) in [5.41, 5.74) is 6.83. The van der Waals surface area contributed by atoms with Crippen molar-refractivity contribution in [3.05, 3.63) is 45.6 Å². The molecule has 3 rings (SSSR count). The van der Waals surface area contributed by atoms with Crippen LogP contribution in [0.25, 0.3) is 21.1 Å². The number of ether oxygens (including phenoxy) is 2. The van der Waals surface area contributed by atoms with Crippen LogP contribution in [-0.4, -0.2) is 40.7 Å². The average molecular weight is 553 g/mol. The molecule has 0 saturated carbocycles. The Morgan fingerprint density at radius 3 is 2.55 bits per heavy atom. The van der Waals surface area contributed by atoms with E-state index in [-0.39, 0.29) is 42.5 Å². The Morgan fingerprint density at radius 1 is 1.19 bits per heavy atom. The molecule has 3 aromatic rings. The second-order valence-electron chi connectivity index (χ2n) is 6.74. The highest BCUT2D eigenvalue weighted by atomic mass is 79.9. The van der Waals surface area contributed by atoms with Gasteiger partial charge in [0.1, 0.15) is 22.4 Å². The van der Waals surface area contributed by atoms with E-state index in [4.69, 9.17) is 31.9 Å². The topological polar surface area (TPSA) is 90.5 Å². The van der Waals surface area contributed by atoms with E-state index in [9.17, 15) is 4.39 Å². The molecule has 0 aliphatic rings. The normalized spacial score (nSPS) is 11.9. The van der Waals surface area contributed by atoms with Crippen LogP contribution in [0.1, 0.15) is 13.8 Å². The molecule has 1 atom stereocenters. The lowest BCUT2D eigenvalue weighted by Crippen LogP contribution is -2.31. The van der Waals surface area contributed by atoms with E-state index in [1.165, 1.54) is 23.5 Å². The van der Waals surface area contributed by atoms with Crippen molar-refractivity contribution in [2.75, 3.05) is 13.2 Å². The molecule has 168 valence electrons. The number of aliphatic hydroxyl groups excluding tert-OH is 1. The molecule has 6 nitrogen and oxygen atoms in total. The summed E-state index contributed by atoms with van der Waals surface area (Å²) in [5.74, 6) is 0.0939. The molecule has 0 aliphatic heterocycles. The van der Waals surface area contributed by atoms with Gasteiger partial charge in [0.15, 0.2) is 11.6 Å². The van der Waals surface area contributed by atoms with Crippen LogP contribution in [0.3, 0.4) is 0 Å². The second kappa shape index (κ2) is 11.4. The third-order valence-electron chi connectivity index (χ3n) is 3.91. The number of aliphatic hydroxyl groups is 1. The summed E-state index contributed by atoms with van der Waals surface area (Å²) >= 11 is 11.1. The summed E-state index contributed by atoms with van der Waals surface area (Å²) in [4.78, 5) is 0. The standard InChI is InChI=1S/C20H20BrClFN3O3S.ClH/c1-10(2)29-17-4-3-11(5-14(17)21)19-25-26-20(30-19)13-6-16(23)18(7-15(13)22)28-9-12(24)8-27;/h3-7,10,12,27H,8-9,24H2,1-2H3;1H/t12-;/m1./s1. The highest BCUT2D eigenvalue weighted by Gasteiger charge is 2.17. The van der Waals surface area contributed by atoms with E-state index in [0.717, 1.165) is 15.8 Å². The maximum absolute atomic E-state index is 14.5. The van der Waals surface area contributed by atoms with Gasteiger partial charge in [-0.3, -0.25) is 0 Å². The quantitative estimate of drug-likeness (QED) is 0.392. The predicted molar refractivity (Wildman–Crippen MR) is 127 cm³/mol. The summed E-state index contributed by atoms with van der Waals surface area (Å²) in [6.07, 6.45) is 0.0589. The molecule has 0 amide bonds. The Kier molecular flexibility index (Phi) is 9.47. The van der Waals surface area contributed by atoms with E-state index in [1.807, 2.05) is 32.0 Å². The number of nitrogens with two attached hydrogens (primary N) is 1. The predicted octanol–water partition coefficient (Wildman–Crippen LogP) is 5.33. The first-order chi connectivity index (χ1) is 14.3. The van der Waals surface area contributed by atoms with Gasteiger partial charge in [-0.05, 0) is 54.0 Å². The minimum absolute atomic E-state index is 0. The Morgan fingerprint density at radius 2 is 1.90 bits per heavy atom. The first kappa shape index (κ1) is 25.8. The molecule has 1 aromatic heterocycles. The average Bonchev–Trinajstić information content (AvgIpc) is 3.19. The third kappa shape index (κ3) is 6.50. The SMILES string of the molecule is CC(C)Oc1ccc(-c2nnc(-c3cc(F)c(OC[C@H](N)CO)cc3Cl)s2)cc1Br.Cl. The summed E-state index contributed by atoms with van der Waals surface area (Å²) in [6, 6.07) is 7.65. The molecule has 0 radical (unpaired) electrons. The largest absolute Gasteiger partial charge is 0.490 e. The molecule has 1 heterocycles. The summed E-state index contributed by atoms with van der Waals surface area (Å²) in [5, 5.41) is 18.7. The Labute approximate surface area is 203 Å². The number of aromatic nitrogens is 2. The van der Waals surface area contributed by atoms with Gasteiger partial charge in [0.2, 0.25) is 0 Å². The molecule has 0 fully saturated rings. The van der Waals surface area contributed by atoms with Crippen molar-refractivity contribution in [2.45, 2.75) is 26.0 Å². The highest BCUT2D eigenvalue weighted by Crippen LogP contribution is 2.38. The lowest BCUT2D eigenvalue weighted by Gasteiger charge is -2.12. The second-order valence-corrected chi connectivity index (χ2v) is 8.98. The van der Waals surface area contributed by atoms with Crippen molar-refractivity contribution >= 4 is 51.3 Å². The molecule has 0 spiro atoms. The summed E-state index contributed by atoms with van der Waals surface area (Å²) < 4.78 is 26.3. The van der Waals surface area contributed by atoms with E-state index >= 15 is 0 Å². The molecule has 0 bridgehead atoms. The Bertz CT molecular complexity index is 1040. The summed E-state index contributed by atoms with van der Waals surface area (Å²) in [6.45, 7) is 3.62. The lowest BCUT2D eigenvalue weighted by molar-refractivity contribution is 0.202. The molecule has 0 unspecified atom stereocenters. The number of nitrogens with zero attached hydrogens (tertiary/aromatic N) is 2. The van der Waals surface area contributed by atoms with E-state index in [1.54, 1.807) is 0 Å². The number of hydrogen-bond donors (Lipinski definition) is 2. The van der Waals surface area contributed by atoms with Gasteiger partial charge < -0.3 is 20.3 Å². The molecular formula is C20H21BrCl2FN3O3S. The molecule has 0 aliphatic carbocycles. The van der Waals surface area contributed by atoms with E-state index < -0.39 is 11.9 Å².